The number of aryl methyl sites for hydroxylation is 2. The molecule has 0 amide bonds. The second-order valence-corrected chi connectivity index (χ2v) is 8.54. The number of ether oxygens (including phenoxy) is 2. The van der Waals surface area contributed by atoms with E-state index in [1.807, 2.05) is 26.0 Å². The first-order valence-electron chi connectivity index (χ1n) is 9.69. The van der Waals surface area contributed by atoms with Crippen molar-refractivity contribution in [1.29, 1.82) is 0 Å². The van der Waals surface area contributed by atoms with Crippen LogP contribution in [0.5, 0.6) is 11.6 Å². The number of aromatic nitrogens is 3. The van der Waals surface area contributed by atoms with Gasteiger partial charge in [0.1, 0.15) is 11.9 Å². The quantitative estimate of drug-likeness (QED) is 0.638. The van der Waals surface area contributed by atoms with Gasteiger partial charge in [0.2, 0.25) is 5.88 Å². The lowest BCUT2D eigenvalue weighted by Crippen LogP contribution is -2.39. The number of methoxy groups -OCH3 is 1. The molecule has 4 rings (SSSR count). The second kappa shape index (κ2) is 8.01. The van der Waals surface area contributed by atoms with E-state index in [0.29, 0.717) is 5.88 Å². The van der Waals surface area contributed by atoms with Crippen molar-refractivity contribution >= 4 is 21.7 Å². The smallest absolute Gasteiger partial charge is 0.216 e. The maximum atomic E-state index is 6.20. The topological polar surface area (TPSA) is 60.4 Å². The van der Waals surface area contributed by atoms with Crippen LogP contribution in [0.15, 0.2) is 24.3 Å². The van der Waals surface area contributed by atoms with Crippen molar-refractivity contribution < 1.29 is 9.47 Å². The minimum atomic E-state index is 0.214. The van der Waals surface area contributed by atoms with E-state index in [1.165, 1.54) is 0 Å². The Hall–Kier alpha value is -2.25. The Morgan fingerprint density at radius 1 is 1.11 bits per heavy atom. The van der Waals surface area contributed by atoms with E-state index in [2.05, 4.69) is 33.9 Å². The molecule has 0 bridgehead atoms. The maximum Gasteiger partial charge on any atom is 0.216 e. The first-order chi connectivity index (χ1) is 13.5. The third-order valence-corrected chi connectivity index (χ3v) is 6.17. The summed E-state index contributed by atoms with van der Waals surface area (Å²) in [5.41, 5.74) is 2.86. The van der Waals surface area contributed by atoms with Crippen molar-refractivity contribution in [3.63, 3.8) is 0 Å². The van der Waals surface area contributed by atoms with Gasteiger partial charge in [-0.1, -0.05) is 0 Å². The number of piperidine rings is 1. The summed E-state index contributed by atoms with van der Waals surface area (Å²) in [6.07, 6.45) is 2.20. The molecule has 1 unspecified atom stereocenters. The molecule has 1 aliphatic rings. The molecule has 7 heteroatoms. The summed E-state index contributed by atoms with van der Waals surface area (Å²) in [5.74, 6) is 1.43. The molecule has 6 nitrogen and oxygen atoms in total. The van der Waals surface area contributed by atoms with E-state index in [0.717, 1.165) is 58.4 Å². The molecule has 1 saturated heterocycles. The summed E-state index contributed by atoms with van der Waals surface area (Å²) in [4.78, 5) is 16.1. The first-order valence-corrected chi connectivity index (χ1v) is 10.5. The molecule has 148 valence electrons. The summed E-state index contributed by atoms with van der Waals surface area (Å²) < 4.78 is 12.6. The molecule has 1 atom stereocenters. The Morgan fingerprint density at radius 3 is 2.64 bits per heavy atom. The number of likely N-dealkylation sites (tertiary alicyclic amines) is 1. The number of nitrogens with zero attached hydrogens (tertiary/aromatic N) is 4. The molecule has 0 radical (unpaired) electrons. The van der Waals surface area contributed by atoms with Gasteiger partial charge in [-0.25, -0.2) is 15.0 Å². The fourth-order valence-electron chi connectivity index (χ4n) is 3.71. The van der Waals surface area contributed by atoms with Crippen LogP contribution in [-0.2, 0) is 0 Å². The number of hydrogen-bond donors (Lipinski definition) is 0. The molecule has 3 aromatic rings. The molecular weight excluding hydrogens is 372 g/mol. The highest BCUT2D eigenvalue weighted by Crippen LogP contribution is 2.28. The zero-order valence-corrected chi connectivity index (χ0v) is 17.6. The van der Waals surface area contributed by atoms with Gasteiger partial charge in [0.15, 0.2) is 5.65 Å². The number of rotatable bonds is 5. The van der Waals surface area contributed by atoms with Crippen LogP contribution in [0.3, 0.4) is 0 Å². The van der Waals surface area contributed by atoms with E-state index in [-0.39, 0.29) is 12.1 Å². The summed E-state index contributed by atoms with van der Waals surface area (Å²) >= 11 is 1.70. The van der Waals surface area contributed by atoms with E-state index in [1.54, 1.807) is 18.4 Å². The van der Waals surface area contributed by atoms with Crippen LogP contribution in [0.2, 0.25) is 0 Å². The molecule has 1 aliphatic heterocycles. The van der Waals surface area contributed by atoms with Crippen molar-refractivity contribution in [2.75, 3.05) is 20.2 Å². The fraction of sp³-hybridized carbons (Fsp3) is 0.476. The number of pyridine rings is 2. The van der Waals surface area contributed by atoms with Gasteiger partial charge in [-0.3, -0.25) is 4.90 Å². The number of hydrogen-bond acceptors (Lipinski definition) is 7. The molecule has 0 saturated carbocycles. The minimum Gasteiger partial charge on any atom is -0.490 e. The normalized spacial score (nSPS) is 17.0. The lowest BCUT2D eigenvalue weighted by molar-refractivity contribution is 0.0785. The summed E-state index contributed by atoms with van der Waals surface area (Å²) in [5, 5.41) is 1.06. The van der Waals surface area contributed by atoms with Crippen molar-refractivity contribution in [2.24, 2.45) is 0 Å². The monoisotopic (exact) mass is 398 g/mol. The van der Waals surface area contributed by atoms with E-state index < -0.39 is 0 Å². The van der Waals surface area contributed by atoms with Crippen LogP contribution in [-0.4, -0.2) is 46.2 Å². The Bertz CT molecular complexity index is 966. The zero-order valence-electron chi connectivity index (χ0n) is 16.8. The Labute approximate surface area is 169 Å². The highest BCUT2D eigenvalue weighted by atomic mass is 32.1. The zero-order chi connectivity index (χ0) is 19.7. The van der Waals surface area contributed by atoms with Gasteiger partial charge in [-0.15, -0.1) is 11.3 Å². The van der Waals surface area contributed by atoms with Gasteiger partial charge in [0.05, 0.1) is 22.5 Å². The standard InChI is InChI=1S/C21H26N4O2S/c1-13-11-17(12-20(22-13)26-4)27-16-7-9-25(10-8-16)14(2)18-5-6-19-21(24-18)23-15(3)28-19/h5-6,11-12,14,16H,7-10H2,1-4H3. The molecule has 28 heavy (non-hydrogen) atoms. The highest BCUT2D eigenvalue weighted by Gasteiger charge is 2.25. The van der Waals surface area contributed by atoms with Crippen molar-refractivity contribution in [3.8, 4) is 11.6 Å². The van der Waals surface area contributed by atoms with E-state index in [4.69, 9.17) is 14.5 Å². The molecular formula is C21H26N4O2S. The number of fused-ring (bicyclic) bond motifs is 1. The largest absolute Gasteiger partial charge is 0.490 e. The third-order valence-electron chi connectivity index (χ3n) is 5.25. The lowest BCUT2D eigenvalue weighted by Gasteiger charge is -2.35. The SMILES string of the molecule is COc1cc(OC2CCN(C(C)c3ccc4sc(C)nc4n3)CC2)cc(C)n1. The minimum absolute atomic E-state index is 0.214. The van der Waals surface area contributed by atoms with Crippen LogP contribution in [0.1, 0.15) is 42.2 Å². The van der Waals surface area contributed by atoms with Crippen LogP contribution in [0.25, 0.3) is 10.3 Å². The predicted molar refractivity (Wildman–Crippen MR) is 111 cm³/mol. The molecule has 0 N–H and O–H groups in total. The van der Waals surface area contributed by atoms with Crippen LogP contribution < -0.4 is 9.47 Å². The molecule has 0 aromatic carbocycles. The van der Waals surface area contributed by atoms with Gasteiger partial charge in [-0.05, 0) is 45.7 Å². The maximum absolute atomic E-state index is 6.20. The van der Waals surface area contributed by atoms with Gasteiger partial charge in [0, 0.05) is 37.0 Å². The fourth-order valence-corrected chi connectivity index (χ4v) is 4.48. The van der Waals surface area contributed by atoms with Crippen LogP contribution >= 0.6 is 11.3 Å². The number of thiazole rings is 1. The highest BCUT2D eigenvalue weighted by molar-refractivity contribution is 7.18. The molecule has 4 heterocycles. The van der Waals surface area contributed by atoms with Gasteiger partial charge < -0.3 is 9.47 Å². The molecule has 1 fully saturated rings. The second-order valence-electron chi connectivity index (χ2n) is 7.31. The molecule has 0 aliphatic carbocycles. The van der Waals surface area contributed by atoms with Gasteiger partial charge >= 0.3 is 0 Å². The van der Waals surface area contributed by atoms with Crippen LogP contribution in [0.4, 0.5) is 0 Å². The van der Waals surface area contributed by atoms with E-state index >= 15 is 0 Å². The van der Waals surface area contributed by atoms with Crippen molar-refractivity contribution in [2.45, 2.75) is 45.8 Å². The third kappa shape index (κ3) is 4.10. The summed E-state index contributed by atoms with van der Waals surface area (Å²) in [7, 11) is 1.63. The van der Waals surface area contributed by atoms with E-state index in [9.17, 15) is 0 Å². The van der Waals surface area contributed by atoms with Crippen LogP contribution in [0, 0.1) is 13.8 Å². The molecule has 3 aromatic heterocycles. The van der Waals surface area contributed by atoms with Crippen molar-refractivity contribution in [3.05, 3.63) is 40.7 Å². The Morgan fingerprint density at radius 2 is 1.89 bits per heavy atom. The van der Waals surface area contributed by atoms with Gasteiger partial charge in [0.25, 0.3) is 0 Å². The Balaban J connectivity index is 1.38. The Kier molecular flexibility index (Phi) is 5.46. The predicted octanol–water partition coefficient (Wildman–Crippen LogP) is 4.32. The lowest BCUT2D eigenvalue weighted by atomic mass is 10.0. The summed E-state index contributed by atoms with van der Waals surface area (Å²) in [6.45, 7) is 8.19. The average molecular weight is 399 g/mol. The summed E-state index contributed by atoms with van der Waals surface area (Å²) in [6, 6.07) is 8.38. The first kappa shape index (κ1) is 19.1. The average Bonchev–Trinajstić information content (AvgIpc) is 3.06. The molecule has 0 spiro atoms. The van der Waals surface area contributed by atoms with Crippen molar-refractivity contribution in [1.82, 2.24) is 19.9 Å². The van der Waals surface area contributed by atoms with Gasteiger partial charge in [-0.2, -0.15) is 0 Å².